The van der Waals surface area contributed by atoms with Gasteiger partial charge in [0.05, 0.1) is 0 Å². The molecule has 0 atom stereocenters. The first-order valence-corrected chi connectivity index (χ1v) is 2.85. The van der Waals surface area contributed by atoms with Crippen LogP contribution in [0.4, 0.5) is 0 Å². The SMILES string of the molecule is Cl.NN=C1N=CCS1. The number of nitrogens with zero attached hydrogens (tertiary/aromatic N) is 2. The average molecular weight is 152 g/mol. The number of nitrogens with two attached hydrogens (primary N) is 1. The van der Waals surface area contributed by atoms with Crippen molar-refractivity contribution in [3.8, 4) is 0 Å². The predicted octanol–water partition coefficient (Wildman–Crippen LogP) is 0.456. The van der Waals surface area contributed by atoms with Crippen molar-refractivity contribution in [1.29, 1.82) is 0 Å². The molecule has 0 fully saturated rings. The summed E-state index contributed by atoms with van der Waals surface area (Å²) in [6, 6.07) is 0. The number of thioether (sulfide) groups is 1. The van der Waals surface area contributed by atoms with Crippen LogP contribution in [0.25, 0.3) is 0 Å². The van der Waals surface area contributed by atoms with E-state index in [1.54, 1.807) is 18.0 Å². The van der Waals surface area contributed by atoms with Gasteiger partial charge < -0.3 is 5.84 Å². The maximum absolute atomic E-state index is 4.89. The summed E-state index contributed by atoms with van der Waals surface area (Å²) in [5, 5.41) is 4.05. The number of hydrogen-bond acceptors (Lipinski definition) is 3. The van der Waals surface area contributed by atoms with E-state index in [-0.39, 0.29) is 12.4 Å². The van der Waals surface area contributed by atoms with E-state index in [2.05, 4.69) is 10.1 Å². The zero-order chi connectivity index (χ0) is 5.11. The lowest BCUT2D eigenvalue weighted by atomic mass is 10.9. The van der Waals surface area contributed by atoms with E-state index in [0.29, 0.717) is 5.17 Å². The zero-order valence-corrected chi connectivity index (χ0v) is 5.71. The monoisotopic (exact) mass is 151 g/mol. The van der Waals surface area contributed by atoms with Gasteiger partial charge in [-0.05, 0) is 0 Å². The molecule has 0 saturated heterocycles. The predicted molar refractivity (Wildman–Crippen MR) is 39.8 cm³/mol. The number of hydrazone groups is 1. The molecule has 3 nitrogen and oxygen atoms in total. The summed E-state index contributed by atoms with van der Waals surface area (Å²) in [5.74, 6) is 5.80. The lowest BCUT2D eigenvalue weighted by Gasteiger charge is -1.80. The Morgan fingerprint density at radius 3 is 2.88 bits per heavy atom. The molecule has 1 aliphatic heterocycles. The van der Waals surface area contributed by atoms with E-state index < -0.39 is 0 Å². The average Bonchev–Trinajstić information content (AvgIpc) is 2.14. The summed E-state index contributed by atoms with van der Waals surface area (Å²) in [6.07, 6.45) is 1.79. The molecule has 0 aromatic carbocycles. The minimum absolute atomic E-state index is 0. The quantitative estimate of drug-likeness (QED) is 0.404. The molecule has 0 spiro atoms. The number of hydrogen-bond donors (Lipinski definition) is 1. The molecule has 0 saturated carbocycles. The highest BCUT2D eigenvalue weighted by Gasteiger charge is 1.99. The standard InChI is InChI=1S/C3H5N3S.ClH/c4-6-3-5-1-2-7-3;/h1H,2,4H2;1H. The van der Waals surface area contributed by atoms with Crippen LogP contribution in [-0.4, -0.2) is 17.1 Å². The molecule has 0 radical (unpaired) electrons. The Balaban J connectivity index is 0.000000490. The highest BCUT2D eigenvalue weighted by atomic mass is 35.5. The van der Waals surface area contributed by atoms with E-state index in [4.69, 9.17) is 5.84 Å². The van der Waals surface area contributed by atoms with Gasteiger partial charge in [0.25, 0.3) is 0 Å². The molecule has 2 N–H and O–H groups in total. The molecule has 1 aliphatic rings. The minimum atomic E-state index is 0. The third kappa shape index (κ3) is 1.71. The van der Waals surface area contributed by atoms with Crippen molar-refractivity contribution in [1.82, 2.24) is 0 Å². The first kappa shape index (κ1) is 7.78. The van der Waals surface area contributed by atoms with Gasteiger partial charge in [-0.2, -0.15) is 5.10 Å². The summed E-state index contributed by atoms with van der Waals surface area (Å²) >= 11 is 1.55. The van der Waals surface area contributed by atoms with Crippen molar-refractivity contribution < 1.29 is 0 Å². The van der Waals surface area contributed by atoms with Crippen molar-refractivity contribution in [2.75, 3.05) is 5.75 Å². The fraction of sp³-hybridized carbons (Fsp3) is 0.333. The van der Waals surface area contributed by atoms with Gasteiger partial charge in [0, 0.05) is 12.0 Å². The van der Waals surface area contributed by atoms with Crippen molar-refractivity contribution in [3.63, 3.8) is 0 Å². The van der Waals surface area contributed by atoms with E-state index in [1.807, 2.05) is 0 Å². The van der Waals surface area contributed by atoms with Gasteiger partial charge in [0.15, 0.2) is 0 Å². The highest BCUT2D eigenvalue weighted by molar-refractivity contribution is 8.14. The van der Waals surface area contributed by atoms with Crippen LogP contribution in [0.2, 0.25) is 0 Å². The van der Waals surface area contributed by atoms with E-state index in [9.17, 15) is 0 Å². The largest absolute Gasteiger partial charge is 0.321 e. The second-order valence-corrected chi connectivity index (χ2v) is 2.02. The topological polar surface area (TPSA) is 50.7 Å². The lowest BCUT2D eigenvalue weighted by Crippen LogP contribution is -1.87. The fourth-order valence-corrected chi connectivity index (χ4v) is 0.857. The first-order chi connectivity index (χ1) is 3.43. The number of amidine groups is 1. The van der Waals surface area contributed by atoms with Crippen molar-refractivity contribution in [2.45, 2.75) is 0 Å². The van der Waals surface area contributed by atoms with Gasteiger partial charge in [-0.3, -0.25) is 0 Å². The maximum Gasteiger partial charge on any atom is 0.206 e. The highest BCUT2D eigenvalue weighted by Crippen LogP contribution is 2.07. The van der Waals surface area contributed by atoms with Crippen LogP contribution in [0.3, 0.4) is 0 Å². The normalized spacial score (nSPS) is 21.2. The van der Waals surface area contributed by atoms with Crippen molar-refractivity contribution in [2.24, 2.45) is 15.9 Å². The van der Waals surface area contributed by atoms with Gasteiger partial charge >= 0.3 is 0 Å². The van der Waals surface area contributed by atoms with Gasteiger partial charge in [0.1, 0.15) is 0 Å². The smallest absolute Gasteiger partial charge is 0.206 e. The van der Waals surface area contributed by atoms with Crippen LogP contribution in [-0.2, 0) is 0 Å². The molecule has 0 bridgehead atoms. The van der Waals surface area contributed by atoms with Crippen LogP contribution >= 0.6 is 24.2 Å². The van der Waals surface area contributed by atoms with Crippen molar-refractivity contribution in [3.05, 3.63) is 0 Å². The van der Waals surface area contributed by atoms with Crippen LogP contribution in [0.1, 0.15) is 0 Å². The molecular weight excluding hydrogens is 146 g/mol. The molecule has 1 rings (SSSR count). The third-order valence-corrected chi connectivity index (χ3v) is 1.38. The van der Waals surface area contributed by atoms with Gasteiger partial charge in [-0.15, -0.1) is 12.4 Å². The number of aliphatic imine (C=N–C) groups is 1. The van der Waals surface area contributed by atoms with Gasteiger partial charge in [-0.1, -0.05) is 11.8 Å². The summed E-state index contributed by atoms with van der Waals surface area (Å²) in [7, 11) is 0. The molecule has 8 heavy (non-hydrogen) atoms. The number of halogens is 1. The third-order valence-electron chi connectivity index (χ3n) is 0.599. The Morgan fingerprint density at radius 1 is 1.88 bits per heavy atom. The fourth-order valence-electron chi connectivity index (χ4n) is 0.335. The van der Waals surface area contributed by atoms with Gasteiger partial charge in [0.2, 0.25) is 5.17 Å². The first-order valence-electron chi connectivity index (χ1n) is 1.86. The van der Waals surface area contributed by atoms with Crippen molar-refractivity contribution >= 4 is 35.6 Å². The van der Waals surface area contributed by atoms with Crippen LogP contribution in [0.15, 0.2) is 10.1 Å². The Labute approximate surface area is 57.8 Å². The molecule has 1 heterocycles. The Bertz CT molecular complexity index is 119. The summed E-state index contributed by atoms with van der Waals surface area (Å²) in [6.45, 7) is 0. The molecule has 5 heteroatoms. The molecular formula is C3H6ClN3S. The minimum Gasteiger partial charge on any atom is -0.321 e. The van der Waals surface area contributed by atoms with Crippen LogP contribution in [0.5, 0.6) is 0 Å². The molecule has 46 valence electrons. The van der Waals surface area contributed by atoms with Gasteiger partial charge in [-0.25, -0.2) is 4.99 Å². The van der Waals surface area contributed by atoms with E-state index >= 15 is 0 Å². The van der Waals surface area contributed by atoms with Crippen LogP contribution in [0, 0.1) is 0 Å². The Morgan fingerprint density at radius 2 is 2.62 bits per heavy atom. The second kappa shape index (κ2) is 3.74. The molecule has 0 aromatic heterocycles. The Hall–Kier alpha value is -0.220. The molecule has 0 aromatic rings. The summed E-state index contributed by atoms with van der Waals surface area (Å²) < 4.78 is 0. The van der Waals surface area contributed by atoms with E-state index in [0.717, 1.165) is 5.75 Å². The lowest BCUT2D eigenvalue weighted by molar-refractivity contribution is 1.25. The number of rotatable bonds is 0. The summed E-state index contributed by atoms with van der Waals surface area (Å²) in [5.41, 5.74) is 0. The van der Waals surface area contributed by atoms with E-state index in [1.165, 1.54) is 0 Å². The zero-order valence-electron chi connectivity index (χ0n) is 4.07. The Kier molecular flexibility index (Phi) is 3.64. The molecule has 0 amide bonds. The second-order valence-electron chi connectivity index (χ2n) is 1.03. The molecule has 0 unspecified atom stereocenters. The summed E-state index contributed by atoms with van der Waals surface area (Å²) in [4.78, 5) is 3.82. The molecule has 0 aliphatic carbocycles. The maximum atomic E-state index is 4.89. The van der Waals surface area contributed by atoms with Crippen LogP contribution < -0.4 is 5.84 Å².